The first-order valence-corrected chi connectivity index (χ1v) is 9.07. The molecule has 0 bridgehead atoms. The molecule has 4 rings (SSSR count). The summed E-state index contributed by atoms with van der Waals surface area (Å²) in [5.41, 5.74) is 1.92. The zero-order valence-electron chi connectivity index (χ0n) is 13.3. The number of ether oxygens (including phenoxy) is 2. The fraction of sp³-hybridized carbons (Fsp3) is 0.471. The molecule has 0 unspecified atom stereocenters. The lowest BCUT2D eigenvalue weighted by Gasteiger charge is -2.39. The largest absolute Gasteiger partial charge is 0.486 e. The van der Waals surface area contributed by atoms with Gasteiger partial charge in [-0.05, 0) is 25.0 Å². The van der Waals surface area contributed by atoms with Crippen molar-refractivity contribution in [3.63, 3.8) is 0 Å². The Labute approximate surface area is 144 Å². The Balaban J connectivity index is 1.41. The molecule has 1 amide bonds. The van der Waals surface area contributed by atoms with Crippen LogP contribution in [0, 0.1) is 0 Å². The highest BCUT2D eigenvalue weighted by molar-refractivity contribution is 7.07. The van der Waals surface area contributed by atoms with Crippen molar-refractivity contribution in [2.24, 2.45) is 0 Å². The van der Waals surface area contributed by atoms with Crippen LogP contribution in [0.15, 0.2) is 35.4 Å². The Hall–Kier alpha value is -1.99. The van der Waals surface area contributed by atoms with Crippen LogP contribution in [0.2, 0.25) is 0 Å². The van der Waals surface area contributed by atoms with Gasteiger partial charge in [-0.3, -0.25) is 9.78 Å². The topological polar surface area (TPSA) is 64.6 Å². The number of piperidine rings is 1. The second-order valence-corrected chi connectivity index (χ2v) is 7.05. The molecule has 2 atom stereocenters. The van der Waals surface area contributed by atoms with E-state index in [0.29, 0.717) is 18.8 Å². The van der Waals surface area contributed by atoms with E-state index in [0.717, 1.165) is 31.6 Å². The van der Waals surface area contributed by atoms with Crippen molar-refractivity contribution in [3.8, 4) is 5.75 Å². The van der Waals surface area contributed by atoms with Crippen LogP contribution >= 0.6 is 11.3 Å². The summed E-state index contributed by atoms with van der Waals surface area (Å²) < 4.78 is 12.1. The van der Waals surface area contributed by atoms with E-state index in [1.807, 2.05) is 17.0 Å². The van der Waals surface area contributed by atoms with Crippen LogP contribution in [0.4, 0.5) is 0 Å². The average molecular weight is 345 g/mol. The van der Waals surface area contributed by atoms with E-state index in [9.17, 15) is 4.79 Å². The Morgan fingerprint density at radius 3 is 3.25 bits per heavy atom. The maximum absolute atomic E-state index is 12.5. The first-order valence-electron chi connectivity index (χ1n) is 8.12. The van der Waals surface area contributed by atoms with Gasteiger partial charge in [0.1, 0.15) is 17.5 Å². The molecular weight excluding hydrogens is 326 g/mol. The standard InChI is InChI=1S/C17H19N3O3S/c21-16(15-10-24-12-19-15)20-6-2-4-17(11-20)7-14(9-22-17)23-13-3-1-5-18-8-13/h1,3,5,8,10,12,14H,2,4,6-7,9,11H2/t14-,17-/m0/s1. The molecule has 1 spiro atoms. The van der Waals surface area contributed by atoms with Crippen LogP contribution in [0.25, 0.3) is 0 Å². The molecule has 2 aromatic rings. The lowest BCUT2D eigenvalue weighted by molar-refractivity contribution is -0.0454. The van der Waals surface area contributed by atoms with Crippen molar-refractivity contribution in [3.05, 3.63) is 41.1 Å². The van der Waals surface area contributed by atoms with E-state index in [2.05, 4.69) is 9.97 Å². The monoisotopic (exact) mass is 345 g/mol. The van der Waals surface area contributed by atoms with Gasteiger partial charge < -0.3 is 14.4 Å². The summed E-state index contributed by atoms with van der Waals surface area (Å²) in [6, 6.07) is 3.76. The Bertz CT molecular complexity index is 694. The minimum atomic E-state index is -0.295. The quantitative estimate of drug-likeness (QED) is 0.855. The minimum absolute atomic E-state index is 0.00326. The van der Waals surface area contributed by atoms with Crippen molar-refractivity contribution < 1.29 is 14.3 Å². The molecule has 2 saturated heterocycles. The highest BCUT2D eigenvalue weighted by Gasteiger charge is 2.45. The number of carbonyl (C=O) groups excluding carboxylic acids is 1. The van der Waals surface area contributed by atoms with E-state index in [1.165, 1.54) is 11.3 Å². The molecule has 2 aromatic heterocycles. The molecular formula is C17H19N3O3S. The van der Waals surface area contributed by atoms with Gasteiger partial charge in [0.25, 0.3) is 5.91 Å². The molecule has 126 valence electrons. The number of rotatable bonds is 3. The van der Waals surface area contributed by atoms with Crippen LogP contribution < -0.4 is 4.74 Å². The molecule has 0 saturated carbocycles. The lowest BCUT2D eigenvalue weighted by atomic mass is 9.89. The smallest absolute Gasteiger partial charge is 0.273 e. The van der Waals surface area contributed by atoms with Crippen LogP contribution in [-0.2, 0) is 4.74 Å². The number of carbonyl (C=O) groups is 1. The third kappa shape index (κ3) is 3.14. The van der Waals surface area contributed by atoms with E-state index >= 15 is 0 Å². The molecule has 24 heavy (non-hydrogen) atoms. The lowest BCUT2D eigenvalue weighted by Crippen LogP contribution is -2.50. The Morgan fingerprint density at radius 2 is 2.46 bits per heavy atom. The number of thiazole rings is 1. The Morgan fingerprint density at radius 1 is 1.50 bits per heavy atom. The van der Waals surface area contributed by atoms with E-state index in [4.69, 9.17) is 9.47 Å². The molecule has 0 radical (unpaired) electrons. The van der Waals surface area contributed by atoms with Gasteiger partial charge >= 0.3 is 0 Å². The molecule has 7 heteroatoms. The van der Waals surface area contributed by atoms with Crippen LogP contribution in [0.5, 0.6) is 5.75 Å². The zero-order chi connectivity index (χ0) is 16.4. The van der Waals surface area contributed by atoms with Crippen molar-refractivity contribution in [2.45, 2.75) is 31.0 Å². The normalized spacial score (nSPS) is 26.7. The fourth-order valence-electron chi connectivity index (χ4n) is 3.52. The molecule has 2 aliphatic heterocycles. The molecule has 2 fully saturated rings. The van der Waals surface area contributed by atoms with Gasteiger partial charge in [0, 0.05) is 24.5 Å². The highest BCUT2D eigenvalue weighted by Crippen LogP contribution is 2.36. The van der Waals surface area contributed by atoms with Gasteiger partial charge in [-0.2, -0.15) is 0 Å². The van der Waals surface area contributed by atoms with Crippen molar-refractivity contribution in [1.29, 1.82) is 0 Å². The second-order valence-electron chi connectivity index (χ2n) is 6.33. The summed E-state index contributed by atoms with van der Waals surface area (Å²) >= 11 is 1.44. The Kier molecular flexibility index (Phi) is 4.20. The summed E-state index contributed by atoms with van der Waals surface area (Å²) in [5, 5.41) is 1.80. The fourth-order valence-corrected chi connectivity index (χ4v) is 4.05. The van der Waals surface area contributed by atoms with Gasteiger partial charge in [-0.25, -0.2) is 4.98 Å². The first-order chi connectivity index (χ1) is 11.7. The number of hydrogen-bond donors (Lipinski definition) is 0. The zero-order valence-corrected chi connectivity index (χ0v) is 14.1. The van der Waals surface area contributed by atoms with Crippen molar-refractivity contribution in [2.75, 3.05) is 19.7 Å². The molecule has 2 aliphatic rings. The number of nitrogens with zero attached hydrogens (tertiary/aromatic N) is 3. The third-order valence-corrected chi connectivity index (χ3v) is 5.18. The summed E-state index contributed by atoms with van der Waals surface area (Å²) in [6.07, 6.45) is 6.13. The number of aromatic nitrogens is 2. The minimum Gasteiger partial charge on any atom is -0.486 e. The summed E-state index contributed by atoms with van der Waals surface area (Å²) in [5.74, 6) is 0.755. The maximum atomic E-state index is 12.5. The van der Waals surface area contributed by atoms with E-state index in [1.54, 1.807) is 23.3 Å². The van der Waals surface area contributed by atoms with Gasteiger partial charge in [0.15, 0.2) is 0 Å². The van der Waals surface area contributed by atoms with Crippen molar-refractivity contribution >= 4 is 17.2 Å². The number of amides is 1. The van der Waals surface area contributed by atoms with E-state index in [-0.39, 0.29) is 17.6 Å². The SMILES string of the molecule is O=C(c1cscn1)N1CCC[C@]2(C[C@H](Oc3cccnc3)CO2)C1. The van der Waals surface area contributed by atoms with Crippen LogP contribution in [-0.4, -0.2) is 52.2 Å². The van der Waals surface area contributed by atoms with Crippen molar-refractivity contribution in [1.82, 2.24) is 14.9 Å². The van der Waals surface area contributed by atoms with Crippen LogP contribution in [0.3, 0.4) is 0 Å². The average Bonchev–Trinajstić information content (AvgIpc) is 3.26. The summed E-state index contributed by atoms with van der Waals surface area (Å²) in [6.45, 7) is 1.92. The van der Waals surface area contributed by atoms with Gasteiger partial charge in [0.05, 0.1) is 30.5 Å². The molecule has 0 aliphatic carbocycles. The third-order valence-electron chi connectivity index (χ3n) is 4.59. The first kappa shape index (κ1) is 15.5. The molecule has 4 heterocycles. The highest BCUT2D eigenvalue weighted by atomic mass is 32.1. The summed E-state index contributed by atoms with van der Waals surface area (Å²) in [7, 11) is 0. The number of hydrogen-bond acceptors (Lipinski definition) is 6. The second kappa shape index (κ2) is 6.49. The summed E-state index contributed by atoms with van der Waals surface area (Å²) in [4.78, 5) is 22.6. The van der Waals surface area contributed by atoms with Gasteiger partial charge in [0.2, 0.25) is 0 Å². The predicted octanol–water partition coefficient (Wildman–Crippen LogP) is 2.38. The van der Waals surface area contributed by atoms with Gasteiger partial charge in [-0.15, -0.1) is 11.3 Å². The molecule has 0 N–H and O–H groups in total. The predicted molar refractivity (Wildman–Crippen MR) is 89.2 cm³/mol. The number of likely N-dealkylation sites (tertiary alicyclic amines) is 1. The van der Waals surface area contributed by atoms with Gasteiger partial charge in [-0.1, -0.05) is 0 Å². The molecule has 6 nitrogen and oxygen atoms in total. The van der Waals surface area contributed by atoms with Crippen LogP contribution in [0.1, 0.15) is 29.8 Å². The molecule has 0 aromatic carbocycles. The van der Waals surface area contributed by atoms with E-state index < -0.39 is 0 Å². The maximum Gasteiger partial charge on any atom is 0.273 e. The number of pyridine rings is 1.